The van der Waals surface area contributed by atoms with Crippen LogP contribution >= 0.6 is 0 Å². The third kappa shape index (κ3) is 12.6. The molecule has 0 fully saturated rings. The first-order chi connectivity index (χ1) is 19.1. The van der Waals surface area contributed by atoms with Crippen molar-refractivity contribution in [3.63, 3.8) is 0 Å². The summed E-state index contributed by atoms with van der Waals surface area (Å²) in [6, 6.07) is 16.0. The van der Waals surface area contributed by atoms with E-state index in [0.29, 0.717) is 25.8 Å². The maximum atomic E-state index is 12.9. The average Bonchev–Trinajstić information content (AvgIpc) is 2.85. The topological polar surface area (TPSA) is 94.6 Å². The van der Waals surface area contributed by atoms with E-state index < -0.39 is 36.0 Å². The van der Waals surface area contributed by atoms with Gasteiger partial charge in [0.1, 0.15) is 11.2 Å². The molecule has 41 heavy (non-hydrogen) atoms. The zero-order chi connectivity index (χ0) is 30.8. The van der Waals surface area contributed by atoms with Gasteiger partial charge in [-0.15, -0.1) is 0 Å². The second-order valence-corrected chi connectivity index (χ2v) is 12.2. The van der Waals surface area contributed by atoms with Crippen molar-refractivity contribution in [3.8, 4) is 0 Å². The van der Waals surface area contributed by atoms with Gasteiger partial charge < -0.3 is 23.8 Å². The highest BCUT2D eigenvalue weighted by Gasteiger charge is 2.39. The van der Waals surface area contributed by atoms with Crippen LogP contribution in [0.15, 0.2) is 48.5 Å². The molecule has 0 saturated carbocycles. The van der Waals surface area contributed by atoms with Gasteiger partial charge in [0.25, 0.3) is 0 Å². The van der Waals surface area contributed by atoms with Gasteiger partial charge in [-0.3, -0.25) is 9.69 Å². The van der Waals surface area contributed by atoms with Crippen molar-refractivity contribution < 1.29 is 33.3 Å². The predicted octanol–water partition coefficient (Wildman–Crippen LogP) is 6.03. The lowest BCUT2D eigenvalue weighted by Gasteiger charge is -2.38. The van der Waals surface area contributed by atoms with E-state index >= 15 is 0 Å². The molecule has 2 rings (SSSR count). The van der Waals surface area contributed by atoms with E-state index in [1.54, 1.807) is 53.5 Å². The Morgan fingerprint density at radius 1 is 0.707 bits per heavy atom. The summed E-state index contributed by atoms with van der Waals surface area (Å²) in [5.41, 5.74) is 2.68. The molecule has 9 nitrogen and oxygen atoms in total. The molecule has 226 valence electrons. The Kier molecular flexibility index (Phi) is 12.2. The Bertz CT molecular complexity index is 1120. The van der Waals surface area contributed by atoms with Crippen molar-refractivity contribution in [1.29, 1.82) is 0 Å². The predicted molar refractivity (Wildman–Crippen MR) is 157 cm³/mol. The van der Waals surface area contributed by atoms with Crippen LogP contribution in [-0.4, -0.2) is 72.3 Å². The molecular weight excluding hydrogens is 524 g/mol. The number of likely N-dealkylation sites (N-methyl/N-ethyl adjacent to an activating group) is 1. The largest absolute Gasteiger partial charge is 0.510 e. The first-order valence-corrected chi connectivity index (χ1v) is 13.9. The van der Waals surface area contributed by atoms with Gasteiger partial charge in [0.15, 0.2) is 0 Å². The fourth-order valence-electron chi connectivity index (χ4n) is 3.84. The Morgan fingerprint density at radius 2 is 1.10 bits per heavy atom. The molecule has 0 bridgehead atoms. The number of amides is 1. The van der Waals surface area contributed by atoms with Gasteiger partial charge in [0.2, 0.25) is 18.9 Å². The number of aryl methyl sites for hydroxylation is 2. The van der Waals surface area contributed by atoms with Gasteiger partial charge in [-0.25, -0.2) is 9.59 Å². The number of hydrogen-bond acceptors (Lipinski definition) is 8. The molecule has 0 aliphatic carbocycles. The molecule has 0 aliphatic heterocycles. The number of rotatable bonds is 12. The van der Waals surface area contributed by atoms with Gasteiger partial charge in [0.05, 0.1) is 0 Å². The van der Waals surface area contributed by atoms with Gasteiger partial charge in [-0.1, -0.05) is 59.7 Å². The van der Waals surface area contributed by atoms with Crippen LogP contribution in [0.5, 0.6) is 0 Å². The van der Waals surface area contributed by atoms with E-state index in [4.69, 9.17) is 18.9 Å². The maximum absolute atomic E-state index is 12.9. The molecule has 1 amide bonds. The van der Waals surface area contributed by atoms with E-state index in [-0.39, 0.29) is 6.54 Å². The highest BCUT2D eigenvalue weighted by molar-refractivity contribution is 5.62. The second kappa shape index (κ2) is 14.9. The van der Waals surface area contributed by atoms with E-state index in [2.05, 4.69) is 0 Å². The minimum atomic E-state index is -1.32. The second-order valence-electron chi connectivity index (χ2n) is 12.2. The van der Waals surface area contributed by atoms with Crippen LogP contribution < -0.4 is 0 Å². The van der Waals surface area contributed by atoms with Crippen LogP contribution in [0.4, 0.5) is 9.59 Å². The fourth-order valence-corrected chi connectivity index (χ4v) is 3.84. The fraction of sp³-hybridized carbons (Fsp3) is 0.531. The first kappa shape index (κ1) is 33.6. The van der Waals surface area contributed by atoms with Gasteiger partial charge >= 0.3 is 12.3 Å². The van der Waals surface area contributed by atoms with Crippen molar-refractivity contribution >= 4 is 18.7 Å². The number of nitrogens with zero attached hydrogens (tertiary/aromatic N) is 2. The van der Waals surface area contributed by atoms with Crippen LogP contribution in [0.1, 0.15) is 63.8 Å². The molecule has 0 spiro atoms. The Balaban J connectivity index is 2.39. The third-order valence-corrected chi connectivity index (χ3v) is 6.01. The van der Waals surface area contributed by atoms with E-state index in [0.717, 1.165) is 22.3 Å². The van der Waals surface area contributed by atoms with Crippen molar-refractivity contribution in [2.24, 2.45) is 0 Å². The SMILES string of the molecule is Cc1ccc(CCN(C)C(OC(=O)OC(C)(C)C)C(OC(=O)OC(C)(C)C)N(C=O)CCc2ccc(C)cc2)cc1. The first-order valence-electron chi connectivity index (χ1n) is 13.9. The van der Waals surface area contributed by atoms with Crippen molar-refractivity contribution in [1.82, 2.24) is 9.80 Å². The highest BCUT2D eigenvalue weighted by Crippen LogP contribution is 2.20. The molecular formula is C32H46N2O7. The molecule has 0 aliphatic rings. The summed E-state index contributed by atoms with van der Waals surface area (Å²) in [7, 11) is 1.73. The lowest BCUT2D eigenvalue weighted by Crippen LogP contribution is -2.55. The minimum absolute atomic E-state index is 0.194. The summed E-state index contributed by atoms with van der Waals surface area (Å²) in [6.45, 7) is 14.9. The van der Waals surface area contributed by atoms with Crippen molar-refractivity contribution in [2.75, 3.05) is 20.1 Å². The molecule has 0 heterocycles. The Labute approximate surface area is 244 Å². The van der Waals surface area contributed by atoms with Crippen molar-refractivity contribution in [2.45, 2.75) is 91.9 Å². The van der Waals surface area contributed by atoms with E-state index in [9.17, 15) is 14.4 Å². The standard InChI is InChI=1S/C32H46N2O7/c1-23-10-14-25(15-11-23)18-20-33(9)27(38-29(36)40-31(3,4)5)28(39-30(37)41-32(6,7)8)34(22-35)21-19-26-16-12-24(2)13-17-26/h10-17,22,27-28H,18-21H2,1-9H3. The quantitative estimate of drug-likeness (QED) is 0.173. The lowest BCUT2D eigenvalue weighted by molar-refractivity contribution is -0.175. The van der Waals surface area contributed by atoms with Crippen LogP contribution in [-0.2, 0) is 36.6 Å². The van der Waals surface area contributed by atoms with Crippen molar-refractivity contribution in [3.05, 3.63) is 70.8 Å². The number of carbonyl (C=O) groups excluding carboxylic acids is 3. The molecule has 2 aromatic carbocycles. The Hall–Kier alpha value is -3.59. The molecule has 2 aromatic rings. The Morgan fingerprint density at radius 3 is 1.49 bits per heavy atom. The van der Waals surface area contributed by atoms with E-state index in [1.165, 1.54) is 4.90 Å². The van der Waals surface area contributed by atoms with Gasteiger partial charge in [-0.05, 0) is 86.4 Å². The summed E-state index contributed by atoms with van der Waals surface area (Å²) in [5.74, 6) is 0. The van der Waals surface area contributed by atoms with E-state index in [1.807, 2.05) is 62.4 Å². The number of hydrogen-bond donors (Lipinski definition) is 0. The number of carbonyl (C=O) groups is 3. The maximum Gasteiger partial charge on any atom is 0.510 e. The van der Waals surface area contributed by atoms with Crippen LogP contribution in [0, 0.1) is 13.8 Å². The number of ether oxygens (including phenoxy) is 4. The highest BCUT2D eigenvalue weighted by atomic mass is 16.8. The molecule has 2 unspecified atom stereocenters. The summed E-state index contributed by atoms with van der Waals surface area (Å²) >= 11 is 0. The van der Waals surface area contributed by atoms with Gasteiger partial charge in [-0.2, -0.15) is 0 Å². The monoisotopic (exact) mass is 570 g/mol. The average molecular weight is 571 g/mol. The van der Waals surface area contributed by atoms with Crippen LogP contribution in [0.3, 0.4) is 0 Å². The normalized spacial score (nSPS) is 13.2. The van der Waals surface area contributed by atoms with Crippen LogP contribution in [0.25, 0.3) is 0 Å². The summed E-state index contributed by atoms with van der Waals surface area (Å²) in [5, 5.41) is 0. The third-order valence-electron chi connectivity index (χ3n) is 6.01. The molecule has 0 saturated heterocycles. The summed E-state index contributed by atoms with van der Waals surface area (Å²) < 4.78 is 22.3. The molecule has 0 N–H and O–H groups in total. The number of benzene rings is 2. The molecule has 0 aromatic heterocycles. The summed E-state index contributed by atoms with van der Waals surface area (Å²) in [4.78, 5) is 41.2. The summed E-state index contributed by atoms with van der Waals surface area (Å²) in [6.07, 6.45) is -2.76. The van der Waals surface area contributed by atoms with Crippen LogP contribution in [0.2, 0.25) is 0 Å². The smallest absolute Gasteiger partial charge is 0.429 e. The molecule has 2 atom stereocenters. The molecule has 9 heteroatoms. The molecule has 0 radical (unpaired) electrons. The van der Waals surface area contributed by atoms with Gasteiger partial charge in [0, 0.05) is 13.1 Å². The zero-order valence-corrected chi connectivity index (χ0v) is 25.9. The minimum Gasteiger partial charge on any atom is -0.429 e. The zero-order valence-electron chi connectivity index (χ0n) is 25.9. The lowest BCUT2D eigenvalue weighted by atomic mass is 10.1.